The van der Waals surface area contributed by atoms with Gasteiger partial charge >= 0.3 is 0 Å². The molecule has 1 aromatic carbocycles. The van der Waals surface area contributed by atoms with Crippen LogP contribution in [-0.2, 0) is 11.8 Å². The van der Waals surface area contributed by atoms with Crippen molar-refractivity contribution in [3.05, 3.63) is 41.7 Å². The Balaban J connectivity index is 1.90. The van der Waals surface area contributed by atoms with E-state index in [2.05, 4.69) is 15.1 Å². The van der Waals surface area contributed by atoms with Crippen LogP contribution in [0.2, 0.25) is 0 Å². The highest BCUT2D eigenvalue weighted by molar-refractivity contribution is 5.84. The average molecular weight is 321 g/mol. The third kappa shape index (κ3) is 2.78. The van der Waals surface area contributed by atoms with Gasteiger partial charge in [-0.25, -0.2) is 8.78 Å². The van der Waals surface area contributed by atoms with E-state index in [0.717, 1.165) is 22.2 Å². The zero-order chi connectivity index (χ0) is 16.6. The lowest BCUT2D eigenvalue weighted by Crippen LogP contribution is -2.27. The molecular formula is C16H17F2N3O2. The third-order valence-electron chi connectivity index (χ3n) is 3.89. The molecule has 7 heteroatoms. The van der Waals surface area contributed by atoms with Crippen LogP contribution in [0.1, 0.15) is 31.1 Å². The van der Waals surface area contributed by atoms with Crippen LogP contribution in [0.5, 0.6) is 5.75 Å². The standard InChI is InChI=1S/C16H17F2N3O2/c1-16(2,14(17)18)15-20-13(21-23-15)6-9-8-19-12-5-4-10(22-3)7-11(9)12/h4-5,7-8,14,19H,6H2,1-3H3. The molecule has 0 atom stereocenters. The SMILES string of the molecule is COc1ccc2[nH]cc(Cc3noc(C(C)(C)C(F)F)n3)c2c1. The number of alkyl halides is 2. The highest BCUT2D eigenvalue weighted by Gasteiger charge is 2.37. The van der Waals surface area contributed by atoms with Crippen LogP contribution < -0.4 is 4.74 Å². The van der Waals surface area contributed by atoms with Gasteiger partial charge in [0.05, 0.1) is 7.11 Å². The van der Waals surface area contributed by atoms with Crippen molar-refractivity contribution in [2.75, 3.05) is 7.11 Å². The van der Waals surface area contributed by atoms with Crippen molar-refractivity contribution >= 4 is 10.9 Å². The van der Waals surface area contributed by atoms with Crippen LogP contribution in [0.4, 0.5) is 8.78 Å². The van der Waals surface area contributed by atoms with E-state index in [1.165, 1.54) is 13.8 Å². The Labute approximate surface area is 131 Å². The maximum atomic E-state index is 13.0. The lowest BCUT2D eigenvalue weighted by molar-refractivity contribution is 0.0505. The lowest BCUT2D eigenvalue weighted by Gasteiger charge is -2.17. The molecule has 122 valence electrons. The molecule has 0 unspecified atom stereocenters. The molecule has 23 heavy (non-hydrogen) atoms. The summed E-state index contributed by atoms with van der Waals surface area (Å²) in [5.41, 5.74) is 0.438. The molecule has 0 aliphatic rings. The minimum absolute atomic E-state index is 0.0556. The van der Waals surface area contributed by atoms with Crippen LogP contribution in [0, 0.1) is 0 Å². The van der Waals surface area contributed by atoms with E-state index in [4.69, 9.17) is 9.26 Å². The summed E-state index contributed by atoms with van der Waals surface area (Å²) < 4.78 is 36.3. The molecule has 0 aliphatic carbocycles. The van der Waals surface area contributed by atoms with Crippen molar-refractivity contribution in [3.63, 3.8) is 0 Å². The number of hydrogen-bond donors (Lipinski definition) is 1. The Morgan fingerprint density at radius 2 is 2.13 bits per heavy atom. The molecular weight excluding hydrogens is 304 g/mol. The van der Waals surface area contributed by atoms with E-state index in [-0.39, 0.29) is 5.89 Å². The van der Waals surface area contributed by atoms with Gasteiger partial charge in [0.15, 0.2) is 5.82 Å². The summed E-state index contributed by atoms with van der Waals surface area (Å²) in [5.74, 6) is 1.06. The Morgan fingerprint density at radius 3 is 2.83 bits per heavy atom. The first kappa shape index (κ1) is 15.5. The molecule has 0 amide bonds. The summed E-state index contributed by atoms with van der Waals surface area (Å²) in [6.07, 6.45) is -0.345. The largest absolute Gasteiger partial charge is 0.497 e. The number of nitrogens with one attached hydrogen (secondary N) is 1. The summed E-state index contributed by atoms with van der Waals surface area (Å²) in [6.45, 7) is 2.76. The predicted molar refractivity (Wildman–Crippen MR) is 81.0 cm³/mol. The fraction of sp³-hybridized carbons (Fsp3) is 0.375. The Kier molecular flexibility index (Phi) is 3.79. The van der Waals surface area contributed by atoms with E-state index in [9.17, 15) is 8.78 Å². The van der Waals surface area contributed by atoms with Crippen molar-refractivity contribution in [3.8, 4) is 5.75 Å². The Bertz CT molecular complexity index is 824. The van der Waals surface area contributed by atoms with Crippen molar-refractivity contribution in [1.82, 2.24) is 15.1 Å². The van der Waals surface area contributed by atoms with E-state index in [0.29, 0.717) is 12.2 Å². The summed E-state index contributed by atoms with van der Waals surface area (Å²) in [5, 5.41) is 4.80. The fourth-order valence-electron chi connectivity index (χ4n) is 2.28. The summed E-state index contributed by atoms with van der Waals surface area (Å²) in [4.78, 5) is 7.28. The number of methoxy groups -OCH3 is 1. The van der Waals surface area contributed by atoms with Crippen LogP contribution in [0.15, 0.2) is 28.9 Å². The number of aromatic nitrogens is 3. The zero-order valence-corrected chi connectivity index (χ0v) is 13.1. The van der Waals surface area contributed by atoms with Gasteiger partial charge in [-0.05, 0) is 37.6 Å². The number of nitrogens with zero attached hydrogens (tertiary/aromatic N) is 2. The first-order chi connectivity index (χ1) is 10.9. The first-order valence-electron chi connectivity index (χ1n) is 7.17. The number of benzene rings is 1. The highest BCUT2D eigenvalue weighted by atomic mass is 19.3. The van der Waals surface area contributed by atoms with Crippen LogP contribution in [0.25, 0.3) is 10.9 Å². The minimum atomic E-state index is -2.58. The van der Waals surface area contributed by atoms with Gasteiger partial charge in [0.25, 0.3) is 6.43 Å². The maximum Gasteiger partial charge on any atom is 0.252 e. The number of halogens is 2. The van der Waals surface area contributed by atoms with Gasteiger partial charge in [0, 0.05) is 23.5 Å². The maximum absolute atomic E-state index is 13.0. The summed E-state index contributed by atoms with van der Waals surface area (Å²) in [6, 6.07) is 5.69. The van der Waals surface area contributed by atoms with Gasteiger partial charge in [0.1, 0.15) is 11.2 Å². The molecule has 0 saturated carbocycles. The molecule has 0 saturated heterocycles. The van der Waals surface area contributed by atoms with Gasteiger partial charge < -0.3 is 14.2 Å². The van der Waals surface area contributed by atoms with Crippen LogP contribution in [0.3, 0.4) is 0 Å². The molecule has 0 bridgehead atoms. The van der Waals surface area contributed by atoms with Gasteiger partial charge in [-0.2, -0.15) is 4.98 Å². The second kappa shape index (κ2) is 5.64. The van der Waals surface area contributed by atoms with E-state index < -0.39 is 11.8 Å². The second-order valence-corrected chi connectivity index (χ2v) is 5.94. The molecule has 5 nitrogen and oxygen atoms in total. The monoisotopic (exact) mass is 321 g/mol. The van der Waals surface area contributed by atoms with E-state index >= 15 is 0 Å². The van der Waals surface area contributed by atoms with Gasteiger partial charge in [-0.15, -0.1) is 0 Å². The Morgan fingerprint density at radius 1 is 1.35 bits per heavy atom. The van der Waals surface area contributed by atoms with E-state index in [1.807, 2.05) is 24.4 Å². The van der Waals surface area contributed by atoms with Gasteiger partial charge in [-0.3, -0.25) is 0 Å². The number of aromatic amines is 1. The number of ether oxygens (including phenoxy) is 1. The normalized spacial score (nSPS) is 12.3. The quantitative estimate of drug-likeness (QED) is 0.778. The molecule has 2 heterocycles. The second-order valence-electron chi connectivity index (χ2n) is 5.94. The minimum Gasteiger partial charge on any atom is -0.497 e. The molecule has 3 rings (SSSR count). The summed E-state index contributed by atoms with van der Waals surface area (Å²) in [7, 11) is 1.60. The van der Waals surface area contributed by atoms with Gasteiger partial charge in [0.2, 0.25) is 5.89 Å². The molecule has 0 aliphatic heterocycles. The molecule has 3 aromatic rings. The fourth-order valence-corrected chi connectivity index (χ4v) is 2.28. The van der Waals surface area contributed by atoms with Crippen LogP contribution in [-0.4, -0.2) is 28.7 Å². The number of hydrogen-bond acceptors (Lipinski definition) is 4. The number of H-pyrrole nitrogens is 1. The molecule has 0 fully saturated rings. The molecule has 0 radical (unpaired) electrons. The van der Waals surface area contributed by atoms with Crippen molar-refractivity contribution in [2.24, 2.45) is 0 Å². The summed E-state index contributed by atoms with van der Waals surface area (Å²) >= 11 is 0. The molecule has 1 N–H and O–H groups in total. The first-order valence-corrected chi connectivity index (χ1v) is 7.17. The number of fused-ring (bicyclic) bond motifs is 1. The van der Waals surface area contributed by atoms with Crippen molar-refractivity contribution in [2.45, 2.75) is 32.1 Å². The van der Waals surface area contributed by atoms with Gasteiger partial charge in [-0.1, -0.05) is 5.16 Å². The molecule has 0 spiro atoms. The molecule has 2 aromatic heterocycles. The van der Waals surface area contributed by atoms with Crippen LogP contribution >= 0.6 is 0 Å². The topological polar surface area (TPSA) is 63.9 Å². The Hall–Kier alpha value is -2.44. The zero-order valence-electron chi connectivity index (χ0n) is 13.1. The predicted octanol–water partition coefficient (Wildman–Crippen LogP) is 3.69. The van der Waals surface area contributed by atoms with Crippen molar-refractivity contribution in [1.29, 1.82) is 0 Å². The van der Waals surface area contributed by atoms with Crippen molar-refractivity contribution < 1.29 is 18.0 Å². The highest BCUT2D eigenvalue weighted by Crippen LogP contribution is 2.30. The number of rotatable bonds is 5. The van der Waals surface area contributed by atoms with E-state index in [1.54, 1.807) is 7.11 Å². The third-order valence-corrected chi connectivity index (χ3v) is 3.89. The lowest BCUT2D eigenvalue weighted by atomic mass is 9.94. The smallest absolute Gasteiger partial charge is 0.252 e. The average Bonchev–Trinajstić information content (AvgIpc) is 3.15.